The summed E-state index contributed by atoms with van der Waals surface area (Å²) in [5.74, 6) is 2.81. The van der Waals surface area contributed by atoms with Crippen molar-refractivity contribution in [1.29, 1.82) is 0 Å². The molecule has 2 aromatic rings. The van der Waals surface area contributed by atoms with Crippen LogP contribution in [-0.4, -0.2) is 31.2 Å². The second-order valence-electron chi connectivity index (χ2n) is 8.49. The van der Waals surface area contributed by atoms with Crippen LogP contribution in [0.4, 0.5) is 17.3 Å². The van der Waals surface area contributed by atoms with Gasteiger partial charge in [-0.2, -0.15) is 0 Å². The summed E-state index contributed by atoms with van der Waals surface area (Å²) < 4.78 is 0.325. The molecule has 4 N–H and O–H groups in total. The van der Waals surface area contributed by atoms with Crippen LogP contribution in [-0.2, 0) is 0 Å². The van der Waals surface area contributed by atoms with Gasteiger partial charge in [-0.15, -0.1) is 17.0 Å². The topological polar surface area (TPSA) is 106 Å². The molecule has 6 rings (SSSR count). The SMILES string of the molecule is Br.NC(=O)c1cnc(Nc2cnccn2)cc1N[C@@H]1[C@@H]2C[C@@H]3C[C@H]1C[C@@](Br)(C3)C2. The highest BCUT2D eigenvalue weighted by Gasteiger charge is 2.54. The number of aromatic nitrogens is 3. The van der Waals surface area contributed by atoms with Crippen molar-refractivity contribution in [3.05, 3.63) is 36.4 Å². The summed E-state index contributed by atoms with van der Waals surface area (Å²) in [4.78, 5) is 24.6. The molecule has 154 valence electrons. The molecule has 2 aromatic heterocycles. The summed E-state index contributed by atoms with van der Waals surface area (Å²) in [5, 5.41) is 6.81. The highest BCUT2D eigenvalue weighted by molar-refractivity contribution is 9.10. The van der Waals surface area contributed by atoms with E-state index in [0.29, 0.717) is 39.4 Å². The van der Waals surface area contributed by atoms with E-state index < -0.39 is 5.91 Å². The zero-order valence-electron chi connectivity index (χ0n) is 15.8. The van der Waals surface area contributed by atoms with Crippen molar-refractivity contribution in [3.8, 4) is 0 Å². The fraction of sp³-hybridized carbons (Fsp3) is 0.500. The Morgan fingerprint density at radius 3 is 2.48 bits per heavy atom. The monoisotopic (exact) mass is 522 g/mol. The second-order valence-corrected chi connectivity index (χ2v) is 10.2. The number of hydrogen-bond donors (Lipinski definition) is 3. The highest BCUT2D eigenvalue weighted by atomic mass is 79.9. The molecule has 0 spiro atoms. The van der Waals surface area contributed by atoms with E-state index in [9.17, 15) is 4.79 Å². The third-order valence-corrected chi connectivity index (χ3v) is 7.48. The van der Waals surface area contributed by atoms with Crippen molar-refractivity contribution < 1.29 is 4.79 Å². The van der Waals surface area contributed by atoms with Crippen molar-refractivity contribution in [2.45, 2.75) is 42.5 Å². The normalized spacial score (nSPS) is 31.8. The molecule has 0 radical (unpaired) electrons. The number of nitrogens with two attached hydrogens (primary N) is 1. The van der Waals surface area contributed by atoms with Crippen molar-refractivity contribution in [2.24, 2.45) is 23.5 Å². The van der Waals surface area contributed by atoms with Crippen LogP contribution in [0, 0.1) is 17.8 Å². The molecule has 4 bridgehead atoms. The van der Waals surface area contributed by atoms with E-state index >= 15 is 0 Å². The van der Waals surface area contributed by atoms with Gasteiger partial charge in [0.05, 0.1) is 17.4 Å². The zero-order valence-corrected chi connectivity index (χ0v) is 19.1. The van der Waals surface area contributed by atoms with E-state index in [1.54, 1.807) is 18.6 Å². The van der Waals surface area contributed by atoms with Gasteiger partial charge in [-0.05, 0) is 49.9 Å². The minimum Gasteiger partial charge on any atom is -0.381 e. The molecule has 29 heavy (non-hydrogen) atoms. The summed E-state index contributed by atoms with van der Waals surface area (Å²) in [7, 11) is 0. The second kappa shape index (κ2) is 7.83. The van der Waals surface area contributed by atoms with E-state index in [1.165, 1.54) is 38.3 Å². The molecule has 0 aliphatic heterocycles. The number of carbonyl (C=O) groups excluding carboxylic acids is 1. The number of nitrogens with one attached hydrogen (secondary N) is 2. The molecule has 0 saturated heterocycles. The molecule has 7 nitrogen and oxygen atoms in total. The van der Waals surface area contributed by atoms with Crippen molar-refractivity contribution in [1.82, 2.24) is 15.0 Å². The Kier molecular flexibility index (Phi) is 5.54. The van der Waals surface area contributed by atoms with Crippen LogP contribution in [0.25, 0.3) is 0 Å². The minimum atomic E-state index is -0.471. The molecular formula is C20H24Br2N6O. The Hall–Kier alpha value is -1.74. The predicted molar refractivity (Wildman–Crippen MR) is 121 cm³/mol. The summed E-state index contributed by atoms with van der Waals surface area (Å²) in [6.45, 7) is 0. The predicted octanol–water partition coefficient (Wildman–Crippen LogP) is 4.05. The Bertz CT molecular complexity index is 895. The van der Waals surface area contributed by atoms with Crippen LogP contribution in [0.1, 0.15) is 42.5 Å². The van der Waals surface area contributed by atoms with Crippen molar-refractivity contribution in [2.75, 3.05) is 10.6 Å². The number of halogens is 2. The van der Waals surface area contributed by atoms with Gasteiger partial charge in [-0.25, -0.2) is 9.97 Å². The molecule has 9 heteroatoms. The average Bonchev–Trinajstić information content (AvgIpc) is 2.64. The summed E-state index contributed by atoms with van der Waals surface area (Å²) >= 11 is 4.02. The molecule has 4 aliphatic rings. The molecule has 2 heterocycles. The van der Waals surface area contributed by atoms with Gasteiger partial charge < -0.3 is 16.4 Å². The van der Waals surface area contributed by atoms with Gasteiger partial charge in [-0.3, -0.25) is 9.78 Å². The van der Waals surface area contributed by atoms with E-state index in [1.807, 2.05) is 6.07 Å². The van der Waals surface area contributed by atoms with Crippen LogP contribution < -0.4 is 16.4 Å². The fourth-order valence-corrected chi connectivity index (χ4v) is 6.96. The number of carbonyl (C=O) groups is 1. The van der Waals surface area contributed by atoms with Crippen LogP contribution in [0.3, 0.4) is 0 Å². The molecule has 0 unspecified atom stereocenters. The Balaban J connectivity index is 0.00000205. The van der Waals surface area contributed by atoms with Crippen LogP contribution in [0.2, 0.25) is 0 Å². The number of amides is 1. The summed E-state index contributed by atoms with van der Waals surface area (Å²) in [6, 6.07) is 2.22. The van der Waals surface area contributed by atoms with E-state index in [-0.39, 0.29) is 17.0 Å². The van der Waals surface area contributed by atoms with Gasteiger partial charge >= 0.3 is 0 Å². The number of alkyl halides is 1. The first-order valence-corrected chi connectivity index (χ1v) is 10.6. The van der Waals surface area contributed by atoms with Gasteiger partial charge in [0, 0.05) is 35.0 Å². The number of anilines is 3. The lowest BCUT2D eigenvalue weighted by Crippen LogP contribution is -2.56. The first kappa shape index (κ1) is 20.5. The minimum absolute atomic E-state index is 0. The standard InChI is InChI=1S/C20H23BrN6O.BrH/c21-20-6-11-3-12(7-20)18(13(4-11)8-20)26-15-5-16(25-9-14(15)19(22)28)27-17-10-23-1-2-24-17;/h1-2,5,9-13,18H,3-4,6-8H2,(H2,22,28)(H2,24,25,26,27);1H/t11-,12-,13+,18-,20-;. The van der Waals surface area contributed by atoms with Crippen molar-refractivity contribution in [3.63, 3.8) is 0 Å². The molecular weight excluding hydrogens is 500 g/mol. The van der Waals surface area contributed by atoms with E-state index in [4.69, 9.17) is 5.73 Å². The van der Waals surface area contributed by atoms with Crippen LogP contribution >= 0.6 is 32.9 Å². The van der Waals surface area contributed by atoms with Gasteiger partial charge in [-0.1, -0.05) is 15.9 Å². The lowest BCUT2D eigenvalue weighted by Gasteiger charge is -2.58. The van der Waals surface area contributed by atoms with Gasteiger partial charge in [0.15, 0.2) is 0 Å². The highest BCUT2D eigenvalue weighted by Crippen LogP contribution is 2.59. The molecule has 1 amide bonds. The van der Waals surface area contributed by atoms with Gasteiger partial charge in [0.1, 0.15) is 11.6 Å². The number of hydrogen-bond acceptors (Lipinski definition) is 6. The van der Waals surface area contributed by atoms with Gasteiger partial charge in [0.25, 0.3) is 5.91 Å². The average molecular weight is 524 g/mol. The van der Waals surface area contributed by atoms with Crippen LogP contribution in [0.5, 0.6) is 0 Å². The third-order valence-electron chi connectivity index (χ3n) is 6.51. The largest absolute Gasteiger partial charge is 0.381 e. The Labute approximate surface area is 188 Å². The quantitative estimate of drug-likeness (QED) is 0.510. The van der Waals surface area contributed by atoms with Crippen LogP contribution in [0.15, 0.2) is 30.9 Å². The maximum atomic E-state index is 12.0. The Morgan fingerprint density at radius 1 is 1.10 bits per heavy atom. The van der Waals surface area contributed by atoms with E-state index in [2.05, 4.69) is 41.5 Å². The Morgan fingerprint density at radius 2 is 1.86 bits per heavy atom. The maximum Gasteiger partial charge on any atom is 0.252 e. The number of nitrogens with zero attached hydrogens (tertiary/aromatic N) is 3. The first-order chi connectivity index (χ1) is 13.5. The molecule has 5 atom stereocenters. The lowest BCUT2D eigenvalue weighted by molar-refractivity contribution is 0.0280. The number of pyridine rings is 1. The first-order valence-electron chi connectivity index (χ1n) is 9.77. The molecule has 4 aliphatic carbocycles. The third kappa shape index (κ3) is 3.99. The van der Waals surface area contributed by atoms with Crippen molar-refractivity contribution >= 4 is 56.1 Å². The summed E-state index contributed by atoms with van der Waals surface area (Å²) in [6.07, 6.45) is 12.6. The lowest BCUT2D eigenvalue weighted by atomic mass is 9.54. The number of primary amides is 1. The maximum absolute atomic E-state index is 12.0. The van der Waals surface area contributed by atoms with Gasteiger partial charge in [0.2, 0.25) is 0 Å². The fourth-order valence-electron chi connectivity index (χ4n) is 5.67. The molecule has 4 fully saturated rings. The smallest absolute Gasteiger partial charge is 0.252 e. The molecule has 0 aromatic carbocycles. The van der Waals surface area contributed by atoms with E-state index in [0.717, 1.165) is 11.6 Å². The zero-order chi connectivity index (χ0) is 19.3. The summed E-state index contributed by atoms with van der Waals surface area (Å²) in [5.41, 5.74) is 6.79. The number of rotatable bonds is 5. The molecule has 4 saturated carbocycles.